The van der Waals surface area contributed by atoms with Gasteiger partial charge >= 0.3 is 55.2 Å². The molecular weight excluding hydrogens is 200 g/mol. The number of hydrogen-bond donors (Lipinski definition) is 1. The average Bonchev–Trinajstić information content (AvgIpc) is 1.55. The first kappa shape index (κ1) is 9.48. The largest absolute Gasteiger partial charge is 0.147 e. The first-order valence-electron chi connectivity index (χ1n) is 2.77. The number of nitrogens with one attached hydrogen (secondary N) is 1. The number of carbonyl (C=O) groups excluding carboxylic acids is 1. The van der Waals surface area contributed by atoms with Crippen LogP contribution in [0.15, 0.2) is 0 Å². The number of halogens is 1. The van der Waals surface area contributed by atoms with Gasteiger partial charge < -0.3 is 0 Å². The van der Waals surface area contributed by atoms with E-state index in [0.717, 1.165) is 17.8 Å². The summed E-state index contributed by atoms with van der Waals surface area (Å²) in [6, 6.07) is 0. The molecule has 0 aromatic rings. The maximum atomic E-state index is 10.5. The van der Waals surface area contributed by atoms with Crippen molar-refractivity contribution in [3.8, 4) is 0 Å². The van der Waals surface area contributed by atoms with E-state index in [9.17, 15) is 4.79 Å². The molecule has 0 aromatic heterocycles. The molecule has 1 unspecified atom stereocenters. The van der Waals surface area contributed by atoms with Crippen LogP contribution in [-0.2, 0) is 4.79 Å². The number of hydrogen-bond acceptors (Lipinski definition) is 2. The zero-order chi connectivity index (χ0) is 5.98. The molecule has 54 valence electrons. The summed E-state index contributed by atoms with van der Waals surface area (Å²) in [4.78, 5) is 10.5. The van der Waals surface area contributed by atoms with Crippen molar-refractivity contribution in [3.05, 3.63) is 0 Å². The van der Waals surface area contributed by atoms with Crippen molar-refractivity contribution in [3.63, 3.8) is 0 Å². The van der Waals surface area contributed by atoms with Gasteiger partial charge in [-0.15, -0.1) is 12.4 Å². The Bertz CT molecular complexity index is 105. The predicted molar refractivity (Wildman–Crippen MR) is 41.7 cm³/mol. The Hall–Kier alpha value is 0.478. The predicted octanol–water partition coefficient (Wildman–Crippen LogP) is -0.217. The molecule has 0 bridgehead atoms. The number of carbonyl (C=O) groups is 1. The summed E-state index contributed by atoms with van der Waals surface area (Å²) in [5, 5.41) is 3.15. The molecule has 0 spiro atoms. The Balaban J connectivity index is 0.000000640. The fourth-order valence-electron chi connectivity index (χ4n) is 0.678. The van der Waals surface area contributed by atoms with Gasteiger partial charge in [0, 0.05) is 0 Å². The molecule has 2 nitrogen and oxygen atoms in total. The topological polar surface area (TPSA) is 29.1 Å². The minimum absolute atomic E-state index is 0. The van der Waals surface area contributed by atoms with Gasteiger partial charge in [0.05, 0.1) is 0 Å². The molecule has 1 saturated heterocycles. The molecule has 1 atom stereocenters. The Morgan fingerprint density at radius 2 is 2.22 bits per heavy atom. The molecular formula is C5H11AsClNO. The van der Waals surface area contributed by atoms with Crippen molar-refractivity contribution in [2.75, 3.05) is 13.1 Å². The Morgan fingerprint density at radius 1 is 1.67 bits per heavy atom. The molecule has 1 aliphatic heterocycles. The van der Waals surface area contributed by atoms with Gasteiger partial charge in [0.2, 0.25) is 0 Å². The van der Waals surface area contributed by atoms with E-state index in [1.165, 1.54) is 0 Å². The van der Waals surface area contributed by atoms with Crippen molar-refractivity contribution in [1.29, 1.82) is 0 Å². The van der Waals surface area contributed by atoms with Crippen LogP contribution in [0.5, 0.6) is 0 Å². The summed E-state index contributed by atoms with van der Waals surface area (Å²) < 4.78 is 1.21. The first-order chi connectivity index (χ1) is 3.79. The van der Waals surface area contributed by atoms with Gasteiger partial charge in [-0.1, -0.05) is 0 Å². The molecule has 1 N–H and O–H groups in total. The van der Waals surface area contributed by atoms with Gasteiger partial charge in [0.1, 0.15) is 0 Å². The summed E-state index contributed by atoms with van der Waals surface area (Å²) in [5.41, 5.74) is 0. The van der Waals surface area contributed by atoms with Gasteiger partial charge in [0.15, 0.2) is 0 Å². The fraction of sp³-hybridized carbons (Fsp3) is 0.800. The van der Waals surface area contributed by atoms with Crippen molar-refractivity contribution in [2.45, 2.75) is 11.6 Å². The summed E-state index contributed by atoms with van der Waals surface area (Å²) in [6.07, 6.45) is 0. The van der Waals surface area contributed by atoms with Gasteiger partial charge in [-0.25, -0.2) is 0 Å². The number of rotatable bonds is 2. The molecule has 0 aliphatic carbocycles. The van der Waals surface area contributed by atoms with Crippen LogP contribution >= 0.6 is 12.4 Å². The van der Waals surface area contributed by atoms with Gasteiger partial charge in [-0.2, -0.15) is 0 Å². The third-order valence-electron chi connectivity index (χ3n) is 1.19. The van der Waals surface area contributed by atoms with Crippen LogP contribution in [0.1, 0.15) is 6.92 Å². The maximum absolute atomic E-state index is 10.5. The molecule has 9 heavy (non-hydrogen) atoms. The molecule has 1 aliphatic rings. The normalized spacial score (nSPS) is 19.2. The van der Waals surface area contributed by atoms with Gasteiger partial charge in [-0.3, -0.25) is 0 Å². The first-order valence-corrected chi connectivity index (χ1v) is 5.03. The van der Waals surface area contributed by atoms with Crippen LogP contribution in [0.2, 0.25) is 4.71 Å². The van der Waals surface area contributed by atoms with Crippen molar-refractivity contribution in [1.82, 2.24) is 5.32 Å². The summed E-state index contributed by atoms with van der Waals surface area (Å²) in [7, 11) is 0. The minimum Gasteiger partial charge on any atom is -0.147 e. The second-order valence-electron chi connectivity index (χ2n) is 2.06. The Morgan fingerprint density at radius 3 is 2.33 bits per heavy atom. The third-order valence-corrected chi connectivity index (χ3v) is 3.75. The second-order valence-corrected chi connectivity index (χ2v) is 5.85. The molecule has 1 rings (SSSR count). The van der Waals surface area contributed by atoms with Crippen LogP contribution in [0, 0.1) is 0 Å². The zero-order valence-corrected chi connectivity index (χ0v) is 8.22. The molecule has 0 aromatic carbocycles. The molecule has 1 fully saturated rings. The molecule has 4 heteroatoms. The minimum atomic E-state index is -0.233. The van der Waals surface area contributed by atoms with E-state index in [2.05, 4.69) is 5.32 Å². The monoisotopic (exact) mass is 211 g/mol. The van der Waals surface area contributed by atoms with Gasteiger partial charge in [0.25, 0.3) is 0 Å². The van der Waals surface area contributed by atoms with Crippen LogP contribution < -0.4 is 5.32 Å². The molecule has 0 saturated carbocycles. The van der Waals surface area contributed by atoms with E-state index in [1.807, 2.05) is 0 Å². The smallest absolute Gasteiger partial charge is 0.147 e. The molecule has 0 amide bonds. The fourth-order valence-corrected chi connectivity index (χ4v) is 2.92. The van der Waals surface area contributed by atoms with Crippen LogP contribution in [-0.4, -0.2) is 33.4 Å². The molecule has 1 heterocycles. The van der Waals surface area contributed by atoms with Crippen molar-refractivity contribution >= 4 is 32.7 Å². The van der Waals surface area contributed by atoms with E-state index in [1.54, 1.807) is 6.92 Å². The summed E-state index contributed by atoms with van der Waals surface area (Å²) in [6.45, 7) is 3.90. The van der Waals surface area contributed by atoms with Crippen molar-refractivity contribution in [2.24, 2.45) is 0 Å². The SMILES string of the molecule is CC(=O)[AsH]C1CNC1.Cl. The molecule has 0 radical (unpaired) electrons. The zero-order valence-electron chi connectivity index (χ0n) is 5.31. The van der Waals surface area contributed by atoms with Crippen molar-refractivity contribution < 1.29 is 4.79 Å². The summed E-state index contributed by atoms with van der Waals surface area (Å²) >= 11 is -0.233. The maximum Gasteiger partial charge on any atom is -0.147 e. The standard InChI is InChI=1S/C5H10AsNO.ClH/c1-4(8)6-5-2-7-3-5;/h5-7H,2-3H2,1H3;1H. The average molecular weight is 212 g/mol. The third kappa shape index (κ3) is 3.24. The van der Waals surface area contributed by atoms with E-state index in [-0.39, 0.29) is 28.2 Å². The van der Waals surface area contributed by atoms with Crippen LogP contribution in [0.4, 0.5) is 0 Å². The van der Waals surface area contributed by atoms with Crippen LogP contribution in [0.25, 0.3) is 0 Å². The Kier molecular flexibility index (Phi) is 4.55. The van der Waals surface area contributed by atoms with E-state index < -0.39 is 0 Å². The van der Waals surface area contributed by atoms with Crippen LogP contribution in [0.3, 0.4) is 0 Å². The van der Waals surface area contributed by atoms with Gasteiger partial charge in [-0.05, 0) is 0 Å². The summed E-state index contributed by atoms with van der Waals surface area (Å²) in [5.74, 6) is 0. The van der Waals surface area contributed by atoms with E-state index >= 15 is 0 Å². The quantitative estimate of drug-likeness (QED) is 0.640. The second kappa shape index (κ2) is 4.32. The Labute approximate surface area is 67.9 Å². The van der Waals surface area contributed by atoms with E-state index in [4.69, 9.17) is 0 Å². The van der Waals surface area contributed by atoms with E-state index in [0.29, 0.717) is 4.57 Å².